The van der Waals surface area contributed by atoms with E-state index < -0.39 is 33.1 Å². The molecule has 2 N–H and O–H groups in total. The summed E-state index contributed by atoms with van der Waals surface area (Å²) in [6.45, 7) is 0. The molecule has 0 atom stereocenters. The Hall–Kier alpha value is -1.83. The molecule has 0 aromatic heterocycles. The maximum Gasteiger partial charge on any atom is 0.340 e. The van der Waals surface area contributed by atoms with Crippen LogP contribution in [-0.2, 0) is 10.0 Å². The van der Waals surface area contributed by atoms with Crippen LogP contribution in [0.2, 0.25) is 10.0 Å². The highest BCUT2D eigenvalue weighted by Crippen LogP contribution is 2.28. The molecule has 22 heavy (non-hydrogen) atoms. The molecule has 0 aliphatic carbocycles. The topological polar surface area (TPSA) is 83.5 Å². The van der Waals surface area contributed by atoms with E-state index in [4.69, 9.17) is 28.3 Å². The van der Waals surface area contributed by atoms with E-state index in [2.05, 4.69) is 0 Å². The van der Waals surface area contributed by atoms with E-state index in [1.54, 1.807) is 0 Å². The highest BCUT2D eigenvalue weighted by Gasteiger charge is 2.23. The summed E-state index contributed by atoms with van der Waals surface area (Å²) in [5.74, 6) is -2.67. The number of carbonyl (C=O) groups is 1. The van der Waals surface area contributed by atoms with Crippen molar-refractivity contribution < 1.29 is 22.7 Å². The van der Waals surface area contributed by atoms with Crippen LogP contribution < -0.4 is 4.72 Å². The maximum atomic E-state index is 13.6. The molecule has 0 radical (unpaired) electrons. The summed E-state index contributed by atoms with van der Waals surface area (Å²) in [4.78, 5) is 10.7. The molecule has 0 aliphatic rings. The number of rotatable bonds is 4. The number of nitrogens with one attached hydrogen (secondary N) is 1. The van der Waals surface area contributed by atoms with Gasteiger partial charge in [0.25, 0.3) is 10.0 Å². The third kappa shape index (κ3) is 3.32. The van der Waals surface area contributed by atoms with Crippen LogP contribution in [0.1, 0.15) is 10.4 Å². The van der Waals surface area contributed by atoms with Gasteiger partial charge in [-0.15, -0.1) is 0 Å². The van der Waals surface area contributed by atoms with Crippen LogP contribution in [0.15, 0.2) is 41.3 Å². The Balaban J connectivity index is 2.53. The van der Waals surface area contributed by atoms with Crippen molar-refractivity contribution >= 4 is 44.9 Å². The lowest BCUT2D eigenvalue weighted by atomic mass is 10.2. The monoisotopic (exact) mass is 363 g/mol. The summed E-state index contributed by atoms with van der Waals surface area (Å²) in [5, 5.41) is 9.01. The van der Waals surface area contributed by atoms with Gasteiger partial charge in [-0.3, -0.25) is 4.72 Å². The zero-order valence-corrected chi connectivity index (χ0v) is 13.0. The summed E-state index contributed by atoms with van der Waals surface area (Å²) in [7, 11) is -4.24. The number of hydrogen-bond donors (Lipinski definition) is 2. The van der Waals surface area contributed by atoms with E-state index in [-0.39, 0.29) is 14.9 Å². The second kappa shape index (κ2) is 6.12. The minimum atomic E-state index is -4.24. The first-order chi connectivity index (χ1) is 10.2. The molecule has 0 fully saturated rings. The number of carboxylic acids is 1. The Morgan fingerprint density at radius 3 is 2.50 bits per heavy atom. The van der Waals surface area contributed by atoms with E-state index in [0.29, 0.717) is 0 Å². The molecule has 0 bridgehead atoms. The number of hydrogen-bond acceptors (Lipinski definition) is 3. The van der Waals surface area contributed by atoms with Crippen molar-refractivity contribution in [1.82, 2.24) is 0 Å². The number of anilines is 1. The van der Waals surface area contributed by atoms with Crippen LogP contribution in [0.25, 0.3) is 0 Å². The molecule has 2 rings (SSSR count). The molecule has 2 aromatic carbocycles. The van der Waals surface area contributed by atoms with Crippen molar-refractivity contribution in [1.29, 1.82) is 0 Å². The molecule has 0 unspecified atom stereocenters. The maximum absolute atomic E-state index is 13.6. The fraction of sp³-hybridized carbons (Fsp3) is 0. The lowest BCUT2D eigenvalue weighted by Crippen LogP contribution is -2.17. The predicted octanol–water partition coefficient (Wildman–Crippen LogP) is 3.63. The van der Waals surface area contributed by atoms with Crippen molar-refractivity contribution in [3.05, 3.63) is 57.8 Å². The van der Waals surface area contributed by atoms with E-state index in [0.717, 1.165) is 18.2 Å². The molecule has 0 aliphatic heterocycles. The lowest BCUT2D eigenvalue weighted by molar-refractivity contribution is 0.0693. The second-order valence-electron chi connectivity index (χ2n) is 4.15. The van der Waals surface area contributed by atoms with Gasteiger partial charge in [0.1, 0.15) is 16.3 Å². The third-order valence-corrected chi connectivity index (χ3v) is 4.74. The van der Waals surface area contributed by atoms with Crippen LogP contribution in [0.5, 0.6) is 0 Å². The van der Waals surface area contributed by atoms with E-state index in [1.807, 2.05) is 4.72 Å². The molecule has 2 aromatic rings. The van der Waals surface area contributed by atoms with Gasteiger partial charge in [0.05, 0.1) is 10.7 Å². The second-order valence-corrected chi connectivity index (χ2v) is 6.64. The first-order valence-corrected chi connectivity index (χ1v) is 7.96. The molecule has 0 heterocycles. The molecular formula is C13H8Cl2FNO4S. The standard InChI is InChI=1S/C13H8Cl2FNO4S/c14-7-4-5-8(15)11(6-7)22(20,21)17-10-3-1-2-9(16)12(10)13(18)19/h1-6,17H,(H,18,19). The van der Waals surface area contributed by atoms with Gasteiger partial charge in [-0.2, -0.15) is 0 Å². The summed E-state index contributed by atoms with van der Waals surface area (Å²) >= 11 is 11.5. The van der Waals surface area contributed by atoms with Crippen molar-refractivity contribution in [3.8, 4) is 0 Å². The highest BCUT2D eigenvalue weighted by atomic mass is 35.5. The largest absolute Gasteiger partial charge is 0.478 e. The average molecular weight is 364 g/mol. The fourth-order valence-electron chi connectivity index (χ4n) is 1.71. The van der Waals surface area contributed by atoms with Crippen LogP contribution in [0.3, 0.4) is 0 Å². The Labute approximate surface area is 135 Å². The summed E-state index contributed by atoms with van der Waals surface area (Å²) in [6, 6.07) is 7.00. The van der Waals surface area contributed by atoms with Crippen molar-refractivity contribution in [3.63, 3.8) is 0 Å². The summed E-state index contributed by atoms with van der Waals surface area (Å²) in [6.07, 6.45) is 0. The summed E-state index contributed by atoms with van der Waals surface area (Å²) < 4.78 is 40.1. The Kier molecular flexibility index (Phi) is 4.60. The number of benzene rings is 2. The summed E-state index contributed by atoms with van der Waals surface area (Å²) in [5.41, 5.74) is -1.20. The van der Waals surface area contributed by atoms with E-state index in [9.17, 15) is 17.6 Å². The lowest BCUT2D eigenvalue weighted by Gasteiger charge is -2.12. The van der Waals surface area contributed by atoms with Crippen molar-refractivity contribution in [2.75, 3.05) is 4.72 Å². The van der Waals surface area contributed by atoms with Gasteiger partial charge in [-0.05, 0) is 30.3 Å². The number of aromatic carboxylic acids is 1. The average Bonchev–Trinajstić information content (AvgIpc) is 2.40. The zero-order chi connectivity index (χ0) is 16.5. The third-order valence-electron chi connectivity index (χ3n) is 2.65. The number of carboxylic acid groups (broad SMARTS) is 1. The molecule has 0 amide bonds. The minimum absolute atomic E-state index is 0.106. The Morgan fingerprint density at radius 1 is 1.18 bits per heavy atom. The molecule has 5 nitrogen and oxygen atoms in total. The molecule has 0 saturated heterocycles. The molecule has 0 spiro atoms. The Bertz CT molecular complexity index is 855. The van der Waals surface area contributed by atoms with Gasteiger partial charge in [0, 0.05) is 5.02 Å². The molecular weight excluding hydrogens is 356 g/mol. The zero-order valence-electron chi connectivity index (χ0n) is 10.7. The van der Waals surface area contributed by atoms with Gasteiger partial charge in [-0.1, -0.05) is 29.3 Å². The minimum Gasteiger partial charge on any atom is -0.478 e. The predicted molar refractivity (Wildman–Crippen MR) is 80.6 cm³/mol. The SMILES string of the molecule is O=C(O)c1c(F)cccc1NS(=O)(=O)c1cc(Cl)ccc1Cl. The first-order valence-electron chi connectivity index (χ1n) is 5.72. The van der Waals surface area contributed by atoms with Gasteiger partial charge in [0.15, 0.2) is 0 Å². The van der Waals surface area contributed by atoms with Crippen molar-refractivity contribution in [2.24, 2.45) is 0 Å². The van der Waals surface area contributed by atoms with Crippen LogP contribution in [0.4, 0.5) is 10.1 Å². The van der Waals surface area contributed by atoms with E-state index >= 15 is 0 Å². The van der Waals surface area contributed by atoms with Gasteiger partial charge in [-0.25, -0.2) is 17.6 Å². The van der Waals surface area contributed by atoms with Crippen molar-refractivity contribution in [2.45, 2.75) is 4.90 Å². The first kappa shape index (κ1) is 16.5. The quantitative estimate of drug-likeness (QED) is 0.868. The van der Waals surface area contributed by atoms with E-state index in [1.165, 1.54) is 18.2 Å². The van der Waals surface area contributed by atoms with Gasteiger partial charge < -0.3 is 5.11 Å². The fourth-order valence-corrected chi connectivity index (χ4v) is 3.54. The smallest absolute Gasteiger partial charge is 0.340 e. The molecule has 0 saturated carbocycles. The molecule has 9 heteroatoms. The van der Waals surface area contributed by atoms with Crippen LogP contribution >= 0.6 is 23.2 Å². The number of sulfonamides is 1. The van der Waals surface area contributed by atoms with Crippen LogP contribution in [0, 0.1) is 5.82 Å². The van der Waals surface area contributed by atoms with Gasteiger partial charge >= 0.3 is 5.97 Å². The highest BCUT2D eigenvalue weighted by molar-refractivity contribution is 7.92. The normalized spacial score (nSPS) is 11.2. The number of halogens is 3. The molecule has 116 valence electrons. The van der Waals surface area contributed by atoms with Gasteiger partial charge in [0.2, 0.25) is 0 Å². The Morgan fingerprint density at radius 2 is 1.86 bits per heavy atom. The van der Waals surface area contributed by atoms with Crippen LogP contribution in [-0.4, -0.2) is 19.5 Å².